The van der Waals surface area contributed by atoms with Crippen molar-refractivity contribution in [2.45, 2.75) is 40.0 Å². The summed E-state index contributed by atoms with van der Waals surface area (Å²) in [5.41, 5.74) is 3.11. The van der Waals surface area contributed by atoms with Crippen LogP contribution in [0.3, 0.4) is 0 Å². The number of ether oxygens (including phenoxy) is 1. The first-order valence-electron chi connectivity index (χ1n) is 8.92. The highest BCUT2D eigenvalue weighted by atomic mass is 35.5. The number of nitrogens with one attached hydrogen (secondary N) is 2. The molecule has 2 amide bonds. The Bertz CT molecular complexity index is 834. The van der Waals surface area contributed by atoms with Crippen molar-refractivity contribution in [1.82, 2.24) is 0 Å². The lowest BCUT2D eigenvalue weighted by Crippen LogP contribution is -2.21. The van der Waals surface area contributed by atoms with Crippen LogP contribution in [0.15, 0.2) is 36.4 Å². The molecule has 2 rings (SSSR count). The van der Waals surface area contributed by atoms with Gasteiger partial charge >= 0.3 is 0 Å². The van der Waals surface area contributed by atoms with Crippen LogP contribution in [0.25, 0.3) is 0 Å². The lowest BCUT2D eigenvalue weighted by molar-refractivity contribution is -0.118. The maximum Gasteiger partial charge on any atom is 0.262 e. The number of carbonyl (C=O) groups excluding carboxylic acids is 2. The average Bonchev–Trinajstić information content (AvgIpc) is 2.62. The minimum atomic E-state index is -0.327. The quantitative estimate of drug-likeness (QED) is 0.690. The molecular weight excluding hydrogens is 364 g/mol. The van der Waals surface area contributed by atoms with Gasteiger partial charge in [-0.15, -0.1) is 0 Å². The molecule has 0 saturated carbocycles. The highest BCUT2D eigenvalue weighted by molar-refractivity contribution is 6.33. The van der Waals surface area contributed by atoms with Gasteiger partial charge in [0, 0.05) is 12.1 Å². The first-order chi connectivity index (χ1) is 12.8. The number of amides is 2. The van der Waals surface area contributed by atoms with Crippen LogP contribution >= 0.6 is 11.6 Å². The van der Waals surface area contributed by atoms with Gasteiger partial charge in [-0.1, -0.05) is 44.5 Å². The Labute approximate surface area is 165 Å². The molecule has 0 aliphatic carbocycles. The molecule has 0 spiro atoms. The fourth-order valence-electron chi connectivity index (χ4n) is 2.52. The summed E-state index contributed by atoms with van der Waals surface area (Å²) >= 11 is 6.15. The van der Waals surface area contributed by atoms with E-state index in [1.54, 1.807) is 25.1 Å². The van der Waals surface area contributed by atoms with Crippen LogP contribution in [0, 0.1) is 6.92 Å². The van der Waals surface area contributed by atoms with E-state index in [-0.39, 0.29) is 24.3 Å². The fourth-order valence-corrected chi connectivity index (χ4v) is 2.69. The van der Waals surface area contributed by atoms with Gasteiger partial charge in [-0.25, -0.2) is 0 Å². The SMILES string of the molecule is CCC(=O)Nc1ccc(Cl)c(NC(=O)COc2cc(C)ccc2C(C)C)c1. The summed E-state index contributed by atoms with van der Waals surface area (Å²) in [4.78, 5) is 23.8. The summed E-state index contributed by atoms with van der Waals surface area (Å²) in [6, 6.07) is 10.9. The Hall–Kier alpha value is -2.53. The molecule has 0 atom stereocenters. The van der Waals surface area contributed by atoms with Crippen molar-refractivity contribution in [3.8, 4) is 5.75 Å². The van der Waals surface area contributed by atoms with Gasteiger partial charge < -0.3 is 15.4 Å². The number of aryl methyl sites for hydroxylation is 1. The van der Waals surface area contributed by atoms with Gasteiger partial charge in [0.25, 0.3) is 5.91 Å². The van der Waals surface area contributed by atoms with E-state index in [9.17, 15) is 9.59 Å². The lowest BCUT2D eigenvalue weighted by atomic mass is 10.0. The molecule has 0 aliphatic heterocycles. The molecule has 6 heteroatoms. The third-order valence-electron chi connectivity index (χ3n) is 4.00. The highest BCUT2D eigenvalue weighted by Gasteiger charge is 2.12. The minimum absolute atomic E-state index is 0.112. The molecule has 2 N–H and O–H groups in total. The Morgan fingerprint density at radius 3 is 2.48 bits per heavy atom. The molecule has 0 bridgehead atoms. The van der Waals surface area contributed by atoms with E-state index in [4.69, 9.17) is 16.3 Å². The largest absolute Gasteiger partial charge is 0.483 e. The number of benzene rings is 2. The molecule has 2 aromatic carbocycles. The highest BCUT2D eigenvalue weighted by Crippen LogP contribution is 2.28. The zero-order chi connectivity index (χ0) is 20.0. The predicted molar refractivity (Wildman–Crippen MR) is 110 cm³/mol. The minimum Gasteiger partial charge on any atom is -0.483 e. The summed E-state index contributed by atoms with van der Waals surface area (Å²) in [5, 5.41) is 5.85. The van der Waals surface area contributed by atoms with Gasteiger partial charge in [0.1, 0.15) is 5.75 Å². The second kappa shape index (κ2) is 9.42. The topological polar surface area (TPSA) is 67.4 Å². The van der Waals surface area contributed by atoms with Gasteiger partial charge in [-0.2, -0.15) is 0 Å². The maximum atomic E-state index is 12.3. The summed E-state index contributed by atoms with van der Waals surface area (Å²) in [6.45, 7) is 7.76. The van der Waals surface area contributed by atoms with Gasteiger partial charge in [-0.3, -0.25) is 9.59 Å². The van der Waals surface area contributed by atoms with Gasteiger partial charge in [0.05, 0.1) is 10.7 Å². The van der Waals surface area contributed by atoms with Gasteiger partial charge in [0.2, 0.25) is 5.91 Å². The second-order valence-corrected chi connectivity index (χ2v) is 7.04. The van der Waals surface area contributed by atoms with Crippen molar-refractivity contribution in [2.24, 2.45) is 0 Å². The predicted octanol–water partition coefficient (Wildman–Crippen LogP) is 5.14. The Morgan fingerprint density at radius 2 is 1.81 bits per heavy atom. The Morgan fingerprint density at radius 1 is 1.07 bits per heavy atom. The third-order valence-corrected chi connectivity index (χ3v) is 4.32. The summed E-state index contributed by atoms with van der Waals surface area (Å²) in [7, 11) is 0. The standard InChI is InChI=1S/C21H25ClN2O3/c1-5-20(25)23-15-7-9-17(22)18(11-15)24-21(26)12-27-19-10-14(4)6-8-16(19)13(2)3/h6-11,13H,5,12H2,1-4H3,(H,23,25)(H,24,26). The molecule has 0 aromatic heterocycles. The smallest absolute Gasteiger partial charge is 0.262 e. The fraction of sp³-hybridized carbons (Fsp3) is 0.333. The zero-order valence-electron chi connectivity index (χ0n) is 16.1. The molecule has 144 valence electrons. The van der Waals surface area contributed by atoms with E-state index in [1.165, 1.54) is 0 Å². The first kappa shape index (κ1) is 20.8. The molecular formula is C21H25ClN2O3. The van der Waals surface area contributed by atoms with E-state index in [0.717, 1.165) is 11.1 Å². The zero-order valence-corrected chi connectivity index (χ0v) is 16.8. The van der Waals surface area contributed by atoms with E-state index in [1.807, 2.05) is 25.1 Å². The second-order valence-electron chi connectivity index (χ2n) is 6.63. The number of hydrogen-bond donors (Lipinski definition) is 2. The molecule has 2 aromatic rings. The number of halogens is 1. The number of anilines is 2. The van der Waals surface area contributed by atoms with E-state index >= 15 is 0 Å². The average molecular weight is 389 g/mol. The summed E-state index contributed by atoms with van der Waals surface area (Å²) in [5.74, 6) is 0.554. The van der Waals surface area contributed by atoms with E-state index < -0.39 is 0 Å². The molecule has 0 saturated heterocycles. The maximum absolute atomic E-state index is 12.3. The summed E-state index contributed by atoms with van der Waals surface area (Å²) < 4.78 is 5.74. The molecule has 0 aliphatic rings. The van der Waals surface area contributed by atoms with Gasteiger partial charge in [-0.05, 0) is 48.2 Å². The van der Waals surface area contributed by atoms with E-state index in [0.29, 0.717) is 28.6 Å². The van der Waals surface area contributed by atoms with Crippen LogP contribution in [0.5, 0.6) is 5.75 Å². The molecule has 0 heterocycles. The molecule has 0 radical (unpaired) electrons. The Kier molecular flexibility index (Phi) is 7.25. The van der Waals surface area contributed by atoms with Crippen LogP contribution in [-0.2, 0) is 9.59 Å². The van der Waals surface area contributed by atoms with Gasteiger partial charge in [0.15, 0.2) is 6.61 Å². The normalized spacial score (nSPS) is 10.6. The van der Waals surface area contributed by atoms with Crippen LogP contribution < -0.4 is 15.4 Å². The molecule has 5 nitrogen and oxygen atoms in total. The Balaban J connectivity index is 2.05. The van der Waals surface area contributed by atoms with Crippen LogP contribution in [0.2, 0.25) is 5.02 Å². The number of rotatable bonds is 7. The van der Waals surface area contributed by atoms with E-state index in [2.05, 4.69) is 24.5 Å². The van der Waals surface area contributed by atoms with Crippen molar-refractivity contribution in [1.29, 1.82) is 0 Å². The lowest BCUT2D eigenvalue weighted by Gasteiger charge is -2.15. The number of hydrogen-bond acceptors (Lipinski definition) is 3. The van der Waals surface area contributed by atoms with Crippen molar-refractivity contribution in [3.63, 3.8) is 0 Å². The van der Waals surface area contributed by atoms with Crippen LogP contribution in [0.1, 0.15) is 44.2 Å². The monoisotopic (exact) mass is 388 g/mol. The van der Waals surface area contributed by atoms with Crippen molar-refractivity contribution in [3.05, 3.63) is 52.5 Å². The van der Waals surface area contributed by atoms with Crippen LogP contribution in [0.4, 0.5) is 11.4 Å². The third kappa shape index (κ3) is 6.00. The summed E-state index contributed by atoms with van der Waals surface area (Å²) in [6.07, 6.45) is 0.368. The molecule has 27 heavy (non-hydrogen) atoms. The molecule has 0 fully saturated rings. The van der Waals surface area contributed by atoms with Crippen LogP contribution in [-0.4, -0.2) is 18.4 Å². The van der Waals surface area contributed by atoms with Crippen molar-refractivity contribution in [2.75, 3.05) is 17.2 Å². The molecule has 0 unspecified atom stereocenters. The number of carbonyl (C=O) groups is 2. The van der Waals surface area contributed by atoms with Crippen molar-refractivity contribution < 1.29 is 14.3 Å². The first-order valence-corrected chi connectivity index (χ1v) is 9.30. The van der Waals surface area contributed by atoms with Crippen molar-refractivity contribution >= 4 is 34.8 Å².